The maximum Gasteiger partial charge on any atom is 0.242 e. The Kier molecular flexibility index (Phi) is 9.28. The van der Waals surface area contributed by atoms with Crippen LogP contribution in [0, 0.1) is 19.4 Å². The first-order valence-corrected chi connectivity index (χ1v) is 15.0. The van der Waals surface area contributed by atoms with Gasteiger partial charge in [-0.15, -0.1) is 0 Å². The molecule has 0 aliphatic carbocycles. The smallest absolute Gasteiger partial charge is 0.242 e. The predicted octanol–water partition coefficient (Wildman–Crippen LogP) is 3.99. The SMILES string of the molecule is [C-]#[N+]c1cccc(S(=O)(=O)N2[C@H](C)CN(CC(=O)Nc3ccc(OCC4CCCN(C)C4)cc3C)C[C@@H]2C)c1. The zero-order valence-electron chi connectivity index (χ0n) is 23.3. The van der Waals surface area contributed by atoms with Crippen molar-refractivity contribution >= 4 is 27.3 Å². The van der Waals surface area contributed by atoms with E-state index < -0.39 is 10.0 Å². The van der Waals surface area contributed by atoms with Crippen molar-refractivity contribution in [2.24, 2.45) is 5.92 Å². The number of rotatable bonds is 8. The number of carbonyl (C=O) groups is 1. The van der Waals surface area contributed by atoms with Crippen molar-refractivity contribution in [3.8, 4) is 5.75 Å². The average Bonchev–Trinajstić information content (AvgIpc) is 2.88. The van der Waals surface area contributed by atoms with E-state index in [1.54, 1.807) is 12.1 Å². The molecule has 4 rings (SSSR count). The minimum absolute atomic E-state index is 0.120. The number of nitrogens with zero attached hydrogens (tertiary/aromatic N) is 4. The second-order valence-corrected chi connectivity index (χ2v) is 12.8. The third-order valence-electron chi connectivity index (χ3n) is 7.48. The number of aryl methyl sites for hydroxylation is 1. The zero-order chi connectivity index (χ0) is 28.2. The van der Waals surface area contributed by atoms with Crippen LogP contribution in [0.5, 0.6) is 5.75 Å². The lowest BCUT2D eigenvalue weighted by molar-refractivity contribution is -0.118. The number of carbonyl (C=O) groups excluding carboxylic acids is 1. The van der Waals surface area contributed by atoms with Gasteiger partial charge >= 0.3 is 0 Å². The molecule has 10 heteroatoms. The summed E-state index contributed by atoms with van der Waals surface area (Å²) in [6.45, 7) is 16.8. The van der Waals surface area contributed by atoms with E-state index in [1.807, 2.05) is 43.9 Å². The fourth-order valence-corrected chi connectivity index (χ4v) is 7.58. The summed E-state index contributed by atoms with van der Waals surface area (Å²) in [5.41, 5.74) is 1.96. The number of hydrogen-bond acceptors (Lipinski definition) is 6. The van der Waals surface area contributed by atoms with E-state index in [0.717, 1.165) is 30.1 Å². The quantitative estimate of drug-likeness (QED) is 0.498. The lowest BCUT2D eigenvalue weighted by atomic mass is 9.99. The fourth-order valence-electron chi connectivity index (χ4n) is 5.74. The van der Waals surface area contributed by atoms with Gasteiger partial charge in [-0.2, -0.15) is 4.31 Å². The summed E-state index contributed by atoms with van der Waals surface area (Å²) in [7, 11) is -1.62. The highest BCUT2D eigenvalue weighted by atomic mass is 32.2. The maximum absolute atomic E-state index is 13.4. The number of amides is 1. The molecule has 2 aromatic carbocycles. The van der Waals surface area contributed by atoms with Gasteiger partial charge in [0, 0.05) is 43.3 Å². The van der Waals surface area contributed by atoms with Gasteiger partial charge in [-0.1, -0.05) is 12.1 Å². The van der Waals surface area contributed by atoms with Gasteiger partial charge in [0.25, 0.3) is 0 Å². The van der Waals surface area contributed by atoms with Crippen LogP contribution >= 0.6 is 0 Å². The second-order valence-electron chi connectivity index (χ2n) is 10.9. The van der Waals surface area contributed by atoms with Crippen LogP contribution in [0.3, 0.4) is 0 Å². The molecule has 9 nitrogen and oxygen atoms in total. The first-order chi connectivity index (χ1) is 18.6. The molecular formula is C29H39N5O4S. The van der Waals surface area contributed by atoms with E-state index in [2.05, 4.69) is 22.1 Å². The third-order valence-corrected chi connectivity index (χ3v) is 9.61. The van der Waals surface area contributed by atoms with Gasteiger partial charge in [0.1, 0.15) is 5.75 Å². The number of piperazine rings is 1. The van der Waals surface area contributed by atoms with Crippen molar-refractivity contribution in [1.29, 1.82) is 0 Å². The predicted molar refractivity (Wildman–Crippen MR) is 153 cm³/mol. The molecule has 0 aromatic heterocycles. The summed E-state index contributed by atoms with van der Waals surface area (Å²) in [6.07, 6.45) is 2.39. The molecule has 39 heavy (non-hydrogen) atoms. The maximum atomic E-state index is 13.4. The van der Waals surface area contributed by atoms with E-state index in [4.69, 9.17) is 11.3 Å². The van der Waals surface area contributed by atoms with Gasteiger partial charge in [0.05, 0.1) is 24.6 Å². The molecule has 210 valence electrons. The molecule has 2 heterocycles. The Hall–Kier alpha value is -2.97. The number of benzene rings is 2. The van der Waals surface area contributed by atoms with Crippen LogP contribution in [0.1, 0.15) is 32.3 Å². The van der Waals surface area contributed by atoms with Crippen molar-refractivity contribution < 1.29 is 17.9 Å². The summed E-state index contributed by atoms with van der Waals surface area (Å²) in [4.78, 5) is 20.7. The van der Waals surface area contributed by atoms with Crippen molar-refractivity contribution in [3.63, 3.8) is 0 Å². The lowest BCUT2D eigenvalue weighted by Gasteiger charge is -2.43. The molecule has 2 fully saturated rings. The standard InChI is InChI=1S/C29H39N5O4S/c1-21-14-26(38-20-24-8-7-13-32(5)18-24)11-12-28(21)31-29(35)19-33-16-22(2)34(23(3)17-33)39(36,37)27-10-6-9-25(15-27)30-4/h6,9-12,14-15,22-24H,7-8,13,16-20H2,1-3,5H3,(H,31,35)/t22-,23+,24?. The highest BCUT2D eigenvalue weighted by Crippen LogP contribution is 2.28. The summed E-state index contributed by atoms with van der Waals surface area (Å²) in [6, 6.07) is 11.2. The van der Waals surface area contributed by atoms with E-state index in [0.29, 0.717) is 31.3 Å². The van der Waals surface area contributed by atoms with E-state index >= 15 is 0 Å². The Morgan fingerprint density at radius 2 is 1.87 bits per heavy atom. The molecule has 1 unspecified atom stereocenters. The molecule has 0 radical (unpaired) electrons. The van der Waals surface area contributed by atoms with Crippen molar-refractivity contribution in [1.82, 2.24) is 14.1 Å². The molecule has 1 N–H and O–H groups in total. The first-order valence-electron chi connectivity index (χ1n) is 13.5. The fraction of sp³-hybridized carbons (Fsp3) is 0.517. The van der Waals surface area contributed by atoms with Gasteiger partial charge in [-0.05, 0) is 83.1 Å². The molecule has 0 saturated carbocycles. The minimum atomic E-state index is -3.77. The van der Waals surface area contributed by atoms with Crippen molar-refractivity contribution in [3.05, 3.63) is 59.4 Å². The summed E-state index contributed by atoms with van der Waals surface area (Å²) in [5.74, 6) is 1.20. The Labute approximate surface area is 232 Å². The Balaban J connectivity index is 1.32. The molecule has 2 saturated heterocycles. The summed E-state index contributed by atoms with van der Waals surface area (Å²) in [5, 5.41) is 3.00. The molecule has 2 aromatic rings. The van der Waals surface area contributed by atoms with Gasteiger partial charge < -0.3 is 15.0 Å². The largest absolute Gasteiger partial charge is 0.493 e. The normalized spacial score (nSPS) is 23.2. The number of anilines is 1. The molecular weight excluding hydrogens is 514 g/mol. The van der Waals surface area contributed by atoms with E-state index in [9.17, 15) is 13.2 Å². The molecule has 2 aliphatic heterocycles. The van der Waals surface area contributed by atoms with E-state index in [-0.39, 0.29) is 29.4 Å². The van der Waals surface area contributed by atoms with Crippen LogP contribution in [0.2, 0.25) is 0 Å². The van der Waals surface area contributed by atoms with Crippen LogP contribution in [0.25, 0.3) is 4.85 Å². The topological polar surface area (TPSA) is 86.5 Å². The first kappa shape index (κ1) is 29.0. The van der Waals surface area contributed by atoms with Gasteiger partial charge in [-0.25, -0.2) is 13.3 Å². The highest BCUT2D eigenvalue weighted by molar-refractivity contribution is 7.89. The monoisotopic (exact) mass is 553 g/mol. The highest BCUT2D eigenvalue weighted by Gasteiger charge is 2.38. The number of ether oxygens (including phenoxy) is 1. The number of sulfonamides is 1. The van der Waals surface area contributed by atoms with Gasteiger partial charge in [-0.3, -0.25) is 9.69 Å². The van der Waals surface area contributed by atoms with Crippen LogP contribution in [0.15, 0.2) is 47.4 Å². The van der Waals surface area contributed by atoms with Crippen LogP contribution in [-0.4, -0.2) is 86.9 Å². The molecule has 2 aliphatic rings. The minimum Gasteiger partial charge on any atom is -0.493 e. The van der Waals surface area contributed by atoms with Gasteiger partial charge in [0.2, 0.25) is 15.9 Å². The molecule has 0 spiro atoms. The Morgan fingerprint density at radius 3 is 2.54 bits per heavy atom. The number of hydrogen-bond donors (Lipinski definition) is 1. The summed E-state index contributed by atoms with van der Waals surface area (Å²) >= 11 is 0. The zero-order valence-corrected chi connectivity index (χ0v) is 24.1. The lowest BCUT2D eigenvalue weighted by Crippen LogP contribution is -2.59. The van der Waals surface area contributed by atoms with Crippen molar-refractivity contribution in [2.45, 2.75) is 50.6 Å². The van der Waals surface area contributed by atoms with Crippen LogP contribution < -0.4 is 10.1 Å². The molecule has 1 amide bonds. The Bertz CT molecular complexity index is 1310. The van der Waals surface area contributed by atoms with Gasteiger partial charge in [0.15, 0.2) is 5.69 Å². The molecule has 3 atom stereocenters. The number of piperidine rings is 1. The average molecular weight is 554 g/mol. The van der Waals surface area contributed by atoms with Crippen molar-refractivity contribution in [2.75, 3.05) is 51.7 Å². The van der Waals surface area contributed by atoms with Crippen LogP contribution in [0.4, 0.5) is 11.4 Å². The Morgan fingerprint density at radius 1 is 1.13 bits per heavy atom. The molecule has 0 bridgehead atoms. The van der Waals surface area contributed by atoms with E-state index in [1.165, 1.54) is 29.3 Å². The summed E-state index contributed by atoms with van der Waals surface area (Å²) < 4.78 is 34.3. The van der Waals surface area contributed by atoms with Crippen LogP contribution in [-0.2, 0) is 14.8 Å². The number of likely N-dealkylation sites (tertiary alicyclic amines) is 1. The second kappa shape index (κ2) is 12.5. The number of nitrogens with one attached hydrogen (secondary N) is 1. The third kappa shape index (κ3) is 7.17.